The summed E-state index contributed by atoms with van der Waals surface area (Å²) in [6.07, 6.45) is 0.355. The minimum atomic E-state index is -0.802. The summed E-state index contributed by atoms with van der Waals surface area (Å²) in [7, 11) is 4.99. The van der Waals surface area contributed by atoms with E-state index in [-0.39, 0.29) is 24.8 Å². The van der Waals surface area contributed by atoms with Crippen LogP contribution in [-0.2, 0) is 19.1 Å². The molecule has 0 aromatic rings. The fraction of sp³-hybridized carbons (Fsp3) is 0.727. The standard InChI is InChI=1S/C11H18N2O4/c1-12(2)5-4-10(15)13-6-8(9(14)7-13)11(16)17-3/h8H,4-7H2,1-3H3. The molecule has 6 nitrogen and oxygen atoms in total. The molecule has 0 aromatic carbocycles. The highest BCUT2D eigenvalue weighted by atomic mass is 16.5. The second kappa shape index (κ2) is 5.77. The van der Waals surface area contributed by atoms with Crippen molar-refractivity contribution in [1.82, 2.24) is 9.80 Å². The molecule has 6 heteroatoms. The van der Waals surface area contributed by atoms with Crippen molar-refractivity contribution in [1.29, 1.82) is 0 Å². The Balaban J connectivity index is 2.51. The number of nitrogens with zero attached hydrogens (tertiary/aromatic N) is 2. The molecule has 1 atom stereocenters. The van der Waals surface area contributed by atoms with Crippen LogP contribution in [0, 0.1) is 5.92 Å². The zero-order valence-corrected chi connectivity index (χ0v) is 10.4. The van der Waals surface area contributed by atoms with Crippen LogP contribution in [-0.4, -0.2) is 68.3 Å². The summed E-state index contributed by atoms with van der Waals surface area (Å²) in [5.74, 6) is -1.70. The van der Waals surface area contributed by atoms with Crippen molar-refractivity contribution < 1.29 is 19.1 Å². The van der Waals surface area contributed by atoms with E-state index in [1.165, 1.54) is 12.0 Å². The van der Waals surface area contributed by atoms with E-state index >= 15 is 0 Å². The van der Waals surface area contributed by atoms with Crippen LogP contribution in [0.5, 0.6) is 0 Å². The molecule has 0 bridgehead atoms. The monoisotopic (exact) mass is 242 g/mol. The molecular weight excluding hydrogens is 224 g/mol. The molecule has 1 rings (SSSR count). The minimum Gasteiger partial charge on any atom is -0.468 e. The van der Waals surface area contributed by atoms with Crippen LogP contribution in [0.25, 0.3) is 0 Å². The van der Waals surface area contributed by atoms with E-state index in [2.05, 4.69) is 4.74 Å². The predicted octanol–water partition coefficient (Wildman–Crippen LogP) is -0.861. The summed E-state index contributed by atoms with van der Waals surface area (Å²) in [5, 5.41) is 0. The lowest BCUT2D eigenvalue weighted by molar-refractivity contribution is -0.147. The van der Waals surface area contributed by atoms with Crippen molar-refractivity contribution >= 4 is 17.7 Å². The summed E-state index contributed by atoms with van der Waals surface area (Å²) in [4.78, 5) is 37.9. The molecule has 1 aliphatic rings. The summed E-state index contributed by atoms with van der Waals surface area (Å²) in [6, 6.07) is 0. The van der Waals surface area contributed by atoms with Gasteiger partial charge in [0.2, 0.25) is 5.91 Å². The summed E-state index contributed by atoms with van der Waals surface area (Å²) in [5.41, 5.74) is 0. The van der Waals surface area contributed by atoms with Crippen LogP contribution >= 0.6 is 0 Å². The number of hydrogen-bond donors (Lipinski definition) is 0. The van der Waals surface area contributed by atoms with Gasteiger partial charge in [0.05, 0.1) is 13.7 Å². The van der Waals surface area contributed by atoms with E-state index in [1.807, 2.05) is 19.0 Å². The molecule has 1 unspecified atom stereocenters. The summed E-state index contributed by atoms with van der Waals surface area (Å²) < 4.78 is 4.52. The van der Waals surface area contributed by atoms with Gasteiger partial charge in [0.15, 0.2) is 5.78 Å². The Kier molecular flexibility index (Phi) is 4.62. The Morgan fingerprint density at radius 2 is 2.12 bits per heavy atom. The van der Waals surface area contributed by atoms with Gasteiger partial charge < -0.3 is 14.5 Å². The van der Waals surface area contributed by atoms with E-state index in [4.69, 9.17) is 0 Å². The van der Waals surface area contributed by atoms with Gasteiger partial charge in [-0.2, -0.15) is 0 Å². The van der Waals surface area contributed by atoms with Crippen molar-refractivity contribution in [2.24, 2.45) is 5.92 Å². The third-order valence-corrected chi connectivity index (χ3v) is 2.75. The molecule has 0 aromatic heterocycles. The largest absolute Gasteiger partial charge is 0.468 e. The van der Waals surface area contributed by atoms with Gasteiger partial charge in [0.1, 0.15) is 5.92 Å². The molecule has 17 heavy (non-hydrogen) atoms. The zero-order chi connectivity index (χ0) is 13.0. The number of Topliss-reactive ketones (excluding diaryl/α,β-unsaturated/α-hetero) is 1. The Morgan fingerprint density at radius 3 is 2.65 bits per heavy atom. The van der Waals surface area contributed by atoms with Crippen molar-refractivity contribution in [2.45, 2.75) is 6.42 Å². The highest BCUT2D eigenvalue weighted by Gasteiger charge is 2.38. The van der Waals surface area contributed by atoms with E-state index in [1.54, 1.807) is 0 Å². The molecular formula is C11H18N2O4. The minimum absolute atomic E-state index is 0.0199. The maximum Gasteiger partial charge on any atom is 0.318 e. The quantitative estimate of drug-likeness (QED) is 0.474. The van der Waals surface area contributed by atoms with E-state index in [0.29, 0.717) is 13.0 Å². The summed E-state index contributed by atoms with van der Waals surface area (Å²) in [6.45, 7) is 0.802. The molecule has 0 radical (unpaired) electrons. The van der Waals surface area contributed by atoms with Gasteiger partial charge in [0, 0.05) is 19.5 Å². The Labute approximate surface area is 101 Å². The van der Waals surface area contributed by atoms with Crippen LogP contribution in [0.2, 0.25) is 0 Å². The van der Waals surface area contributed by atoms with Gasteiger partial charge in [-0.05, 0) is 14.1 Å². The second-order valence-corrected chi connectivity index (χ2v) is 4.37. The van der Waals surface area contributed by atoms with Crippen molar-refractivity contribution in [3.63, 3.8) is 0 Å². The summed E-state index contributed by atoms with van der Waals surface area (Å²) >= 11 is 0. The Morgan fingerprint density at radius 1 is 1.47 bits per heavy atom. The number of ketones is 1. The second-order valence-electron chi connectivity index (χ2n) is 4.37. The third-order valence-electron chi connectivity index (χ3n) is 2.75. The topological polar surface area (TPSA) is 66.9 Å². The fourth-order valence-electron chi connectivity index (χ4n) is 1.70. The molecule has 1 amide bonds. The maximum absolute atomic E-state index is 11.7. The molecule has 1 heterocycles. The molecule has 1 saturated heterocycles. The van der Waals surface area contributed by atoms with Gasteiger partial charge in [0.25, 0.3) is 0 Å². The lowest BCUT2D eigenvalue weighted by Gasteiger charge is -2.16. The lowest BCUT2D eigenvalue weighted by Crippen LogP contribution is -2.32. The van der Waals surface area contributed by atoms with Crippen LogP contribution in [0.15, 0.2) is 0 Å². The molecule has 96 valence electrons. The number of rotatable bonds is 4. The average Bonchev–Trinajstić information content (AvgIpc) is 2.67. The first kappa shape index (κ1) is 13.6. The first-order chi connectivity index (χ1) is 7.95. The highest BCUT2D eigenvalue weighted by molar-refractivity contribution is 6.03. The fourth-order valence-corrected chi connectivity index (χ4v) is 1.70. The molecule has 0 spiro atoms. The SMILES string of the molecule is COC(=O)C1CN(C(=O)CCN(C)C)CC1=O. The average molecular weight is 242 g/mol. The van der Waals surface area contributed by atoms with E-state index in [9.17, 15) is 14.4 Å². The van der Waals surface area contributed by atoms with Crippen molar-refractivity contribution in [3.05, 3.63) is 0 Å². The van der Waals surface area contributed by atoms with Gasteiger partial charge in [-0.25, -0.2) is 0 Å². The zero-order valence-electron chi connectivity index (χ0n) is 10.4. The number of methoxy groups -OCH3 is 1. The number of esters is 1. The molecule has 1 aliphatic heterocycles. The van der Waals surface area contributed by atoms with Gasteiger partial charge in [-0.15, -0.1) is 0 Å². The molecule has 1 fully saturated rings. The predicted molar refractivity (Wildman–Crippen MR) is 60.3 cm³/mol. The van der Waals surface area contributed by atoms with Gasteiger partial charge in [-0.1, -0.05) is 0 Å². The normalized spacial score (nSPS) is 19.9. The van der Waals surface area contributed by atoms with Gasteiger partial charge in [-0.3, -0.25) is 14.4 Å². The third kappa shape index (κ3) is 3.52. The number of carbonyl (C=O) groups is 3. The van der Waals surface area contributed by atoms with Crippen molar-refractivity contribution in [2.75, 3.05) is 40.8 Å². The number of ether oxygens (including phenoxy) is 1. The molecule has 0 N–H and O–H groups in total. The van der Waals surface area contributed by atoms with Crippen LogP contribution in [0.3, 0.4) is 0 Å². The number of likely N-dealkylation sites (tertiary alicyclic amines) is 1. The number of amides is 1. The van der Waals surface area contributed by atoms with E-state index < -0.39 is 11.9 Å². The Hall–Kier alpha value is -1.43. The van der Waals surface area contributed by atoms with E-state index in [0.717, 1.165) is 0 Å². The lowest BCUT2D eigenvalue weighted by atomic mass is 10.1. The van der Waals surface area contributed by atoms with Crippen molar-refractivity contribution in [3.8, 4) is 0 Å². The first-order valence-corrected chi connectivity index (χ1v) is 5.48. The number of carbonyl (C=O) groups excluding carboxylic acids is 3. The maximum atomic E-state index is 11.7. The van der Waals surface area contributed by atoms with Crippen LogP contribution in [0.1, 0.15) is 6.42 Å². The van der Waals surface area contributed by atoms with Crippen LogP contribution < -0.4 is 0 Å². The first-order valence-electron chi connectivity index (χ1n) is 5.48. The van der Waals surface area contributed by atoms with Gasteiger partial charge >= 0.3 is 5.97 Å². The molecule has 0 saturated carbocycles. The number of hydrogen-bond acceptors (Lipinski definition) is 5. The van der Waals surface area contributed by atoms with Crippen LogP contribution in [0.4, 0.5) is 0 Å². The smallest absolute Gasteiger partial charge is 0.318 e. The highest BCUT2D eigenvalue weighted by Crippen LogP contribution is 2.15. The molecule has 0 aliphatic carbocycles. The Bertz CT molecular complexity index is 327.